The van der Waals surface area contributed by atoms with Crippen LogP contribution in [0.2, 0.25) is 5.02 Å². The number of ether oxygens (including phenoxy) is 2. The molecule has 0 aliphatic carbocycles. The lowest BCUT2D eigenvalue weighted by Gasteiger charge is -2.14. The molecule has 0 radical (unpaired) electrons. The number of fused-ring (bicyclic) bond motifs is 1. The SMILES string of the molecule is NC(=S)c1c(OCCOc2ccccc2Cl)ccc2ccccc12. The first kappa shape index (κ1) is 16.6. The molecule has 0 unspecified atom stereocenters. The predicted octanol–water partition coefficient (Wildman–Crippen LogP) is 4.59. The van der Waals surface area contributed by atoms with Crippen molar-refractivity contribution in [3.63, 3.8) is 0 Å². The van der Waals surface area contributed by atoms with Crippen LogP contribution in [0.5, 0.6) is 11.5 Å². The molecule has 0 amide bonds. The van der Waals surface area contributed by atoms with Crippen LogP contribution in [-0.4, -0.2) is 18.2 Å². The van der Waals surface area contributed by atoms with Crippen molar-refractivity contribution in [1.29, 1.82) is 0 Å². The summed E-state index contributed by atoms with van der Waals surface area (Å²) >= 11 is 11.3. The molecule has 3 nitrogen and oxygen atoms in total. The minimum absolute atomic E-state index is 0.314. The van der Waals surface area contributed by atoms with E-state index in [2.05, 4.69) is 0 Å². The van der Waals surface area contributed by atoms with Gasteiger partial charge in [-0.15, -0.1) is 0 Å². The van der Waals surface area contributed by atoms with Crippen LogP contribution in [0.3, 0.4) is 0 Å². The highest BCUT2D eigenvalue weighted by molar-refractivity contribution is 7.80. The van der Waals surface area contributed by atoms with Crippen LogP contribution in [0.25, 0.3) is 10.8 Å². The number of halogens is 1. The van der Waals surface area contributed by atoms with E-state index in [1.54, 1.807) is 6.07 Å². The first-order valence-corrected chi connectivity index (χ1v) is 8.27. The van der Waals surface area contributed by atoms with Crippen molar-refractivity contribution in [2.24, 2.45) is 5.73 Å². The Hall–Kier alpha value is -2.30. The van der Waals surface area contributed by atoms with Crippen molar-refractivity contribution in [3.8, 4) is 11.5 Å². The molecule has 0 aromatic heterocycles. The first-order chi connectivity index (χ1) is 11.7. The zero-order valence-electron chi connectivity index (χ0n) is 12.9. The monoisotopic (exact) mass is 357 g/mol. The van der Waals surface area contributed by atoms with Crippen LogP contribution < -0.4 is 15.2 Å². The molecule has 0 saturated carbocycles. The fourth-order valence-electron chi connectivity index (χ4n) is 2.49. The van der Waals surface area contributed by atoms with Gasteiger partial charge in [0, 0.05) is 0 Å². The highest BCUT2D eigenvalue weighted by Gasteiger charge is 2.11. The van der Waals surface area contributed by atoms with E-state index >= 15 is 0 Å². The molecule has 24 heavy (non-hydrogen) atoms. The van der Waals surface area contributed by atoms with Crippen LogP contribution in [0.4, 0.5) is 0 Å². The highest BCUT2D eigenvalue weighted by Crippen LogP contribution is 2.28. The third kappa shape index (κ3) is 3.61. The van der Waals surface area contributed by atoms with Crippen molar-refractivity contribution in [2.75, 3.05) is 13.2 Å². The van der Waals surface area contributed by atoms with E-state index in [0.29, 0.717) is 34.7 Å². The van der Waals surface area contributed by atoms with Gasteiger partial charge >= 0.3 is 0 Å². The summed E-state index contributed by atoms with van der Waals surface area (Å²) in [5.74, 6) is 1.29. The van der Waals surface area contributed by atoms with E-state index in [1.165, 1.54) is 0 Å². The number of thiocarbonyl (C=S) groups is 1. The molecule has 5 heteroatoms. The second kappa shape index (κ2) is 7.51. The normalized spacial score (nSPS) is 10.5. The zero-order valence-corrected chi connectivity index (χ0v) is 14.4. The van der Waals surface area contributed by atoms with Gasteiger partial charge in [-0.05, 0) is 29.0 Å². The summed E-state index contributed by atoms with van der Waals surface area (Å²) < 4.78 is 11.5. The van der Waals surface area contributed by atoms with Crippen molar-refractivity contribution in [1.82, 2.24) is 0 Å². The second-order valence-corrected chi connectivity index (χ2v) is 6.00. The van der Waals surface area contributed by atoms with Gasteiger partial charge < -0.3 is 15.2 Å². The average Bonchev–Trinajstić information content (AvgIpc) is 2.59. The summed E-state index contributed by atoms with van der Waals surface area (Å²) in [6, 6.07) is 19.1. The Morgan fingerprint density at radius 3 is 2.29 bits per heavy atom. The Morgan fingerprint density at radius 1 is 0.875 bits per heavy atom. The fourth-order valence-corrected chi connectivity index (χ4v) is 2.89. The molecule has 0 atom stereocenters. The first-order valence-electron chi connectivity index (χ1n) is 7.48. The van der Waals surface area contributed by atoms with E-state index in [1.807, 2.05) is 54.6 Å². The van der Waals surface area contributed by atoms with E-state index in [-0.39, 0.29) is 0 Å². The molecule has 3 aromatic rings. The lowest BCUT2D eigenvalue weighted by Crippen LogP contribution is -2.15. The van der Waals surface area contributed by atoms with Gasteiger partial charge in [0.25, 0.3) is 0 Å². The Balaban J connectivity index is 1.72. The third-order valence-corrected chi connectivity index (χ3v) is 4.09. The number of hydrogen-bond donors (Lipinski definition) is 1. The quantitative estimate of drug-likeness (QED) is 0.518. The molecule has 0 saturated heterocycles. The van der Waals surface area contributed by atoms with E-state index < -0.39 is 0 Å². The summed E-state index contributed by atoms with van der Waals surface area (Å²) in [5.41, 5.74) is 6.65. The number of rotatable bonds is 6. The molecule has 0 heterocycles. The van der Waals surface area contributed by atoms with Gasteiger partial charge in [0.2, 0.25) is 0 Å². The molecule has 0 fully saturated rings. The molecular formula is C19H16ClNO2S. The maximum Gasteiger partial charge on any atom is 0.138 e. The summed E-state index contributed by atoms with van der Waals surface area (Å²) in [4.78, 5) is 0.314. The topological polar surface area (TPSA) is 44.5 Å². The number of hydrogen-bond acceptors (Lipinski definition) is 3. The molecule has 0 aliphatic rings. The van der Waals surface area contributed by atoms with Gasteiger partial charge in [0.05, 0.1) is 10.6 Å². The van der Waals surface area contributed by atoms with Crippen molar-refractivity contribution in [3.05, 3.63) is 71.2 Å². The van der Waals surface area contributed by atoms with Crippen molar-refractivity contribution < 1.29 is 9.47 Å². The van der Waals surface area contributed by atoms with Gasteiger partial charge in [-0.3, -0.25) is 0 Å². The Morgan fingerprint density at radius 2 is 1.54 bits per heavy atom. The summed E-state index contributed by atoms with van der Waals surface area (Å²) in [6.45, 7) is 0.729. The summed E-state index contributed by atoms with van der Waals surface area (Å²) in [5, 5.41) is 2.63. The minimum Gasteiger partial charge on any atom is -0.489 e. The standard InChI is InChI=1S/C19H16ClNO2S/c20-15-7-3-4-8-16(15)22-11-12-23-17-10-9-13-5-1-2-6-14(13)18(17)19(21)24/h1-10H,11-12H2,(H2,21,24). The highest BCUT2D eigenvalue weighted by atomic mass is 35.5. The zero-order chi connectivity index (χ0) is 16.9. The van der Waals surface area contributed by atoms with Crippen molar-refractivity contribution >= 4 is 39.6 Å². The van der Waals surface area contributed by atoms with Crippen LogP contribution in [0, 0.1) is 0 Å². The largest absolute Gasteiger partial charge is 0.489 e. The lowest BCUT2D eigenvalue weighted by atomic mass is 10.0. The second-order valence-electron chi connectivity index (χ2n) is 5.15. The Kier molecular flexibility index (Phi) is 5.18. The lowest BCUT2D eigenvalue weighted by molar-refractivity contribution is 0.217. The van der Waals surface area contributed by atoms with Gasteiger partial charge in [-0.2, -0.15) is 0 Å². The summed E-state index contributed by atoms with van der Waals surface area (Å²) in [6.07, 6.45) is 0. The maximum atomic E-state index is 6.05. The molecule has 3 aromatic carbocycles. The van der Waals surface area contributed by atoms with E-state index in [0.717, 1.165) is 16.3 Å². The van der Waals surface area contributed by atoms with Gasteiger partial charge in [0.1, 0.15) is 29.7 Å². The fraction of sp³-hybridized carbons (Fsp3) is 0.105. The van der Waals surface area contributed by atoms with Gasteiger partial charge in [0.15, 0.2) is 0 Å². The maximum absolute atomic E-state index is 6.05. The minimum atomic E-state index is 0.314. The molecule has 122 valence electrons. The molecule has 2 N–H and O–H groups in total. The van der Waals surface area contributed by atoms with Gasteiger partial charge in [-0.1, -0.05) is 66.3 Å². The van der Waals surface area contributed by atoms with E-state index in [9.17, 15) is 0 Å². The number of nitrogens with two attached hydrogens (primary N) is 1. The third-order valence-electron chi connectivity index (χ3n) is 3.57. The average molecular weight is 358 g/mol. The summed E-state index contributed by atoms with van der Waals surface area (Å²) in [7, 11) is 0. The number of benzene rings is 3. The Labute approximate surface area is 150 Å². The predicted molar refractivity (Wildman–Crippen MR) is 102 cm³/mol. The molecule has 0 spiro atoms. The molecule has 3 rings (SSSR count). The van der Waals surface area contributed by atoms with Crippen molar-refractivity contribution in [2.45, 2.75) is 0 Å². The smallest absolute Gasteiger partial charge is 0.138 e. The molecule has 0 aliphatic heterocycles. The van der Waals surface area contributed by atoms with Crippen LogP contribution in [-0.2, 0) is 0 Å². The van der Waals surface area contributed by atoms with Crippen LogP contribution in [0.15, 0.2) is 60.7 Å². The van der Waals surface area contributed by atoms with E-state index in [4.69, 9.17) is 39.0 Å². The van der Waals surface area contributed by atoms with Crippen LogP contribution in [0.1, 0.15) is 5.56 Å². The Bertz CT molecular complexity index is 882. The molecular weight excluding hydrogens is 342 g/mol. The van der Waals surface area contributed by atoms with Crippen LogP contribution >= 0.6 is 23.8 Å². The molecule has 0 bridgehead atoms. The van der Waals surface area contributed by atoms with Gasteiger partial charge in [-0.25, -0.2) is 0 Å². The number of para-hydroxylation sites is 1.